The van der Waals surface area contributed by atoms with Gasteiger partial charge in [-0.25, -0.2) is 0 Å². The highest BCUT2D eigenvalue weighted by Gasteiger charge is 2.37. The van der Waals surface area contributed by atoms with Gasteiger partial charge in [-0.3, -0.25) is 0 Å². The summed E-state index contributed by atoms with van der Waals surface area (Å²) in [5, 5.41) is 2.62. The largest absolute Gasteiger partial charge is 0.310 e. The second-order valence-electron chi connectivity index (χ2n) is 13.5. The summed E-state index contributed by atoms with van der Waals surface area (Å²) in [5.41, 5.74) is 16.8. The molecule has 8 rings (SSSR count). The Morgan fingerprint density at radius 3 is 1.83 bits per heavy atom. The monoisotopic (exact) mass is 619 g/mol. The maximum atomic E-state index is 2.45. The predicted molar refractivity (Wildman–Crippen MR) is 206 cm³/mol. The first-order valence-corrected chi connectivity index (χ1v) is 17.3. The predicted octanol–water partition coefficient (Wildman–Crippen LogP) is 13.1. The Morgan fingerprint density at radius 1 is 0.458 bits per heavy atom. The van der Waals surface area contributed by atoms with E-state index in [4.69, 9.17) is 0 Å². The summed E-state index contributed by atoms with van der Waals surface area (Å²) >= 11 is 0. The summed E-state index contributed by atoms with van der Waals surface area (Å²) in [7, 11) is 0. The van der Waals surface area contributed by atoms with Gasteiger partial charge in [0.25, 0.3) is 0 Å². The van der Waals surface area contributed by atoms with Crippen LogP contribution in [0.15, 0.2) is 152 Å². The van der Waals surface area contributed by atoms with Gasteiger partial charge in [-0.2, -0.15) is 0 Å². The van der Waals surface area contributed by atoms with Crippen LogP contribution in [0.25, 0.3) is 44.2 Å². The van der Waals surface area contributed by atoms with E-state index in [2.05, 4.69) is 184 Å². The Labute approximate surface area is 285 Å². The molecule has 0 unspecified atom stereocenters. The minimum absolute atomic E-state index is 0.115. The summed E-state index contributed by atoms with van der Waals surface area (Å²) in [5.74, 6) is 0. The maximum Gasteiger partial charge on any atom is 0.0465 e. The molecular weight excluding hydrogens is 579 g/mol. The number of fused-ring (bicyclic) bond motifs is 5. The van der Waals surface area contributed by atoms with Crippen molar-refractivity contribution in [2.75, 3.05) is 4.90 Å². The van der Waals surface area contributed by atoms with Crippen LogP contribution in [-0.4, -0.2) is 0 Å². The summed E-state index contributed by atoms with van der Waals surface area (Å²) in [4.78, 5) is 2.45. The smallest absolute Gasteiger partial charge is 0.0465 e. The minimum atomic E-state index is -0.115. The molecular formula is C47H41N. The molecule has 0 aromatic heterocycles. The van der Waals surface area contributed by atoms with Gasteiger partial charge >= 0.3 is 0 Å². The third-order valence-electron chi connectivity index (χ3n) is 10.5. The number of hydrogen-bond donors (Lipinski definition) is 0. The van der Waals surface area contributed by atoms with Gasteiger partial charge in [-0.15, -0.1) is 0 Å². The van der Waals surface area contributed by atoms with Crippen molar-refractivity contribution in [1.82, 2.24) is 0 Å². The van der Waals surface area contributed by atoms with Crippen LogP contribution in [0, 0.1) is 0 Å². The average Bonchev–Trinajstić information content (AvgIpc) is 3.38. The highest BCUT2D eigenvalue weighted by molar-refractivity contribution is 6.03. The Kier molecular flexibility index (Phi) is 7.49. The average molecular weight is 620 g/mol. The van der Waals surface area contributed by atoms with Crippen LogP contribution in [0.5, 0.6) is 0 Å². The van der Waals surface area contributed by atoms with E-state index in [-0.39, 0.29) is 5.41 Å². The lowest BCUT2D eigenvalue weighted by Gasteiger charge is -2.29. The number of nitrogens with zero attached hydrogens (tertiary/aromatic N) is 1. The van der Waals surface area contributed by atoms with Gasteiger partial charge < -0.3 is 4.90 Å². The number of aryl methyl sites for hydroxylation is 2. The van der Waals surface area contributed by atoms with Gasteiger partial charge in [0.2, 0.25) is 0 Å². The van der Waals surface area contributed by atoms with Gasteiger partial charge in [-0.05, 0) is 116 Å². The standard InChI is InChI=1S/C47H41N/c1-5-32-14-10-12-18-40(32)41-27-25-38(30-33(41)6-2)48(37-23-20-35(21-24-37)34-15-8-7-9-16-34)39-26-28-43-45(31-39)47(3,4)44-29-22-36-17-11-13-19-42(36)46(43)44/h7-31H,5-6H2,1-4H3. The third kappa shape index (κ3) is 4.93. The van der Waals surface area contributed by atoms with E-state index in [9.17, 15) is 0 Å². The number of anilines is 3. The lowest BCUT2D eigenvalue weighted by Crippen LogP contribution is -2.16. The van der Waals surface area contributed by atoms with Crippen LogP contribution in [0.4, 0.5) is 17.1 Å². The van der Waals surface area contributed by atoms with Crippen molar-refractivity contribution in [3.8, 4) is 33.4 Å². The molecule has 7 aromatic rings. The molecule has 0 aliphatic heterocycles. The zero-order chi connectivity index (χ0) is 32.8. The van der Waals surface area contributed by atoms with Gasteiger partial charge in [0.05, 0.1) is 0 Å². The van der Waals surface area contributed by atoms with Gasteiger partial charge in [0, 0.05) is 22.5 Å². The summed E-state index contributed by atoms with van der Waals surface area (Å²) in [6, 6.07) is 56.2. The second-order valence-corrected chi connectivity index (χ2v) is 13.5. The van der Waals surface area contributed by atoms with Crippen LogP contribution in [0.3, 0.4) is 0 Å². The SMILES string of the molecule is CCc1ccccc1-c1ccc(N(c2ccc(-c3ccccc3)cc2)c2ccc3c(c2)C(C)(C)c2ccc4ccccc4c2-3)cc1CC. The summed E-state index contributed by atoms with van der Waals surface area (Å²) < 4.78 is 0. The quantitative estimate of drug-likeness (QED) is 0.172. The molecule has 234 valence electrons. The van der Waals surface area contributed by atoms with E-state index < -0.39 is 0 Å². The van der Waals surface area contributed by atoms with Crippen molar-refractivity contribution in [3.63, 3.8) is 0 Å². The molecule has 0 amide bonds. The van der Waals surface area contributed by atoms with Crippen LogP contribution >= 0.6 is 0 Å². The van der Waals surface area contributed by atoms with Gasteiger partial charge in [-0.1, -0.05) is 143 Å². The Hall–Kier alpha value is -5.40. The third-order valence-corrected chi connectivity index (χ3v) is 10.5. The zero-order valence-corrected chi connectivity index (χ0v) is 28.3. The molecule has 48 heavy (non-hydrogen) atoms. The second kappa shape index (κ2) is 12.0. The summed E-state index contributed by atoms with van der Waals surface area (Å²) in [6.45, 7) is 9.28. The first-order valence-electron chi connectivity index (χ1n) is 17.3. The van der Waals surface area contributed by atoms with E-state index in [1.54, 1.807) is 0 Å². The fourth-order valence-corrected chi connectivity index (χ4v) is 7.88. The molecule has 0 heterocycles. The van der Waals surface area contributed by atoms with Crippen LogP contribution < -0.4 is 4.90 Å². The van der Waals surface area contributed by atoms with Crippen molar-refractivity contribution in [1.29, 1.82) is 0 Å². The lowest BCUT2D eigenvalue weighted by molar-refractivity contribution is 0.661. The molecule has 1 nitrogen and oxygen atoms in total. The van der Waals surface area contributed by atoms with Crippen LogP contribution in [0.1, 0.15) is 49.9 Å². The molecule has 0 saturated carbocycles. The molecule has 1 aliphatic carbocycles. The first-order chi connectivity index (χ1) is 23.5. The van der Waals surface area contributed by atoms with Crippen LogP contribution in [-0.2, 0) is 18.3 Å². The lowest BCUT2D eigenvalue weighted by atomic mass is 9.82. The van der Waals surface area contributed by atoms with Crippen LogP contribution in [0.2, 0.25) is 0 Å². The van der Waals surface area contributed by atoms with Crippen molar-refractivity contribution in [2.45, 2.75) is 46.0 Å². The van der Waals surface area contributed by atoms with Crippen molar-refractivity contribution in [2.24, 2.45) is 0 Å². The van der Waals surface area contributed by atoms with Gasteiger partial charge in [0.15, 0.2) is 0 Å². The fraction of sp³-hybridized carbons (Fsp3) is 0.149. The first kappa shape index (κ1) is 30.0. The zero-order valence-electron chi connectivity index (χ0n) is 28.3. The molecule has 0 radical (unpaired) electrons. The highest BCUT2D eigenvalue weighted by atomic mass is 15.1. The Morgan fingerprint density at radius 2 is 1.06 bits per heavy atom. The highest BCUT2D eigenvalue weighted by Crippen LogP contribution is 2.53. The molecule has 7 aromatic carbocycles. The minimum Gasteiger partial charge on any atom is -0.310 e. The van der Waals surface area contributed by atoms with Crippen molar-refractivity contribution >= 4 is 27.8 Å². The topological polar surface area (TPSA) is 3.24 Å². The molecule has 0 bridgehead atoms. The van der Waals surface area contributed by atoms with E-state index in [1.807, 2.05) is 0 Å². The van der Waals surface area contributed by atoms with E-state index >= 15 is 0 Å². The van der Waals surface area contributed by atoms with E-state index in [1.165, 1.54) is 77.8 Å². The molecule has 0 atom stereocenters. The Balaban J connectivity index is 1.30. The van der Waals surface area contributed by atoms with Gasteiger partial charge in [0.1, 0.15) is 0 Å². The molecule has 1 aliphatic rings. The number of rotatable bonds is 7. The molecule has 0 fully saturated rings. The Bertz CT molecular complexity index is 2270. The van der Waals surface area contributed by atoms with Crippen molar-refractivity contribution in [3.05, 3.63) is 174 Å². The molecule has 0 N–H and O–H groups in total. The summed E-state index contributed by atoms with van der Waals surface area (Å²) in [6.07, 6.45) is 1.98. The molecule has 1 heteroatoms. The number of hydrogen-bond acceptors (Lipinski definition) is 1. The molecule has 0 spiro atoms. The molecule has 0 saturated heterocycles. The van der Waals surface area contributed by atoms with Crippen molar-refractivity contribution < 1.29 is 0 Å². The van der Waals surface area contributed by atoms with E-state index in [0.29, 0.717) is 0 Å². The normalized spacial score (nSPS) is 12.9. The maximum absolute atomic E-state index is 2.45. The van der Waals surface area contributed by atoms with E-state index in [0.717, 1.165) is 18.5 Å². The number of benzene rings is 7. The fourth-order valence-electron chi connectivity index (χ4n) is 7.88.